The van der Waals surface area contributed by atoms with Crippen LogP contribution in [0.25, 0.3) is 0 Å². The van der Waals surface area contributed by atoms with Crippen LogP contribution in [0.5, 0.6) is 0 Å². The van der Waals surface area contributed by atoms with Crippen LogP contribution in [0.15, 0.2) is 6.07 Å². The standard InChI is InChI=1S/C12H14Cl2N2O2/c13-10-6-9(11(14)16-15-10)12(17)18-7-8-4-2-1-3-5-8/h6,8H,1-5,7H2. The van der Waals surface area contributed by atoms with Crippen LogP contribution in [-0.4, -0.2) is 22.8 Å². The minimum atomic E-state index is -0.484. The van der Waals surface area contributed by atoms with Gasteiger partial charge in [-0.25, -0.2) is 4.79 Å². The molecule has 0 bridgehead atoms. The third-order valence-corrected chi connectivity index (χ3v) is 3.58. The second-order valence-corrected chi connectivity index (χ2v) is 5.22. The number of hydrogen-bond acceptors (Lipinski definition) is 4. The summed E-state index contributed by atoms with van der Waals surface area (Å²) in [5.74, 6) is -0.0193. The lowest BCUT2D eigenvalue weighted by molar-refractivity contribution is 0.0410. The normalized spacial score (nSPS) is 16.6. The second-order valence-electron chi connectivity index (χ2n) is 4.47. The van der Waals surface area contributed by atoms with Crippen LogP contribution >= 0.6 is 23.2 Å². The molecule has 0 radical (unpaired) electrons. The summed E-state index contributed by atoms with van der Waals surface area (Å²) in [4.78, 5) is 11.8. The molecule has 2 rings (SSSR count). The third kappa shape index (κ3) is 3.56. The van der Waals surface area contributed by atoms with Crippen LogP contribution in [0.1, 0.15) is 42.5 Å². The lowest BCUT2D eigenvalue weighted by Crippen LogP contribution is -2.17. The summed E-state index contributed by atoms with van der Waals surface area (Å²) in [5, 5.41) is 7.27. The molecule has 1 aromatic heterocycles. The highest BCUT2D eigenvalue weighted by molar-refractivity contribution is 6.33. The third-order valence-electron chi connectivity index (χ3n) is 3.11. The smallest absolute Gasteiger partial charge is 0.341 e. The molecule has 1 aliphatic rings. The van der Waals surface area contributed by atoms with Gasteiger partial charge in [0.15, 0.2) is 10.3 Å². The molecule has 1 aromatic rings. The zero-order valence-electron chi connectivity index (χ0n) is 9.86. The number of nitrogens with zero attached hydrogens (tertiary/aromatic N) is 2. The van der Waals surface area contributed by atoms with Gasteiger partial charge in [0.25, 0.3) is 0 Å². The minimum absolute atomic E-state index is 0.0213. The van der Waals surface area contributed by atoms with E-state index in [2.05, 4.69) is 10.2 Å². The molecule has 0 atom stereocenters. The SMILES string of the molecule is O=C(OCC1CCCCC1)c1cc(Cl)nnc1Cl. The molecular weight excluding hydrogens is 275 g/mol. The Hall–Kier alpha value is -0.870. The van der Waals surface area contributed by atoms with E-state index < -0.39 is 5.97 Å². The Balaban J connectivity index is 1.92. The molecule has 4 nitrogen and oxygen atoms in total. The van der Waals surface area contributed by atoms with E-state index in [1.807, 2.05) is 0 Å². The van der Waals surface area contributed by atoms with Gasteiger partial charge in [0.2, 0.25) is 0 Å². The quantitative estimate of drug-likeness (QED) is 0.799. The number of carbonyl (C=O) groups is 1. The van der Waals surface area contributed by atoms with Crippen LogP contribution in [-0.2, 0) is 4.74 Å². The van der Waals surface area contributed by atoms with Crippen molar-refractivity contribution in [2.75, 3.05) is 6.61 Å². The van der Waals surface area contributed by atoms with E-state index in [0.29, 0.717) is 12.5 Å². The van der Waals surface area contributed by atoms with Gasteiger partial charge in [0.1, 0.15) is 5.56 Å². The maximum absolute atomic E-state index is 11.8. The van der Waals surface area contributed by atoms with E-state index in [1.54, 1.807) is 0 Å². The molecule has 1 saturated carbocycles. The van der Waals surface area contributed by atoms with Crippen molar-refractivity contribution in [3.05, 3.63) is 21.9 Å². The van der Waals surface area contributed by atoms with Crippen molar-refractivity contribution in [1.82, 2.24) is 10.2 Å². The fraction of sp³-hybridized carbons (Fsp3) is 0.583. The number of halogens is 2. The highest BCUT2D eigenvalue weighted by Crippen LogP contribution is 2.24. The number of hydrogen-bond donors (Lipinski definition) is 0. The number of ether oxygens (including phenoxy) is 1. The Morgan fingerprint density at radius 2 is 2.00 bits per heavy atom. The molecular formula is C12H14Cl2N2O2. The van der Waals surface area contributed by atoms with E-state index in [-0.39, 0.29) is 15.9 Å². The van der Waals surface area contributed by atoms with E-state index >= 15 is 0 Å². The monoisotopic (exact) mass is 288 g/mol. The Labute approximate surface area is 116 Å². The lowest BCUT2D eigenvalue weighted by atomic mass is 9.90. The summed E-state index contributed by atoms with van der Waals surface area (Å²) in [5.41, 5.74) is 0.174. The van der Waals surface area contributed by atoms with Crippen LogP contribution in [0, 0.1) is 5.92 Å². The first-order chi connectivity index (χ1) is 8.66. The summed E-state index contributed by atoms with van der Waals surface area (Å²) in [6, 6.07) is 1.38. The largest absolute Gasteiger partial charge is 0.462 e. The van der Waals surface area contributed by atoms with Gasteiger partial charge in [-0.05, 0) is 24.8 Å². The molecule has 0 N–H and O–H groups in total. The summed E-state index contributed by atoms with van der Waals surface area (Å²) in [7, 11) is 0. The molecule has 18 heavy (non-hydrogen) atoms. The van der Waals surface area contributed by atoms with Crippen LogP contribution in [0.2, 0.25) is 10.3 Å². The van der Waals surface area contributed by atoms with Crippen LogP contribution in [0.3, 0.4) is 0 Å². The van der Waals surface area contributed by atoms with Gasteiger partial charge in [-0.1, -0.05) is 42.5 Å². The van der Waals surface area contributed by atoms with Gasteiger partial charge in [-0.15, -0.1) is 10.2 Å². The predicted octanol–water partition coefficient (Wildman–Crippen LogP) is 3.52. The molecule has 0 aromatic carbocycles. The average Bonchev–Trinajstić information content (AvgIpc) is 2.40. The number of esters is 1. The highest BCUT2D eigenvalue weighted by atomic mass is 35.5. The minimum Gasteiger partial charge on any atom is -0.462 e. The molecule has 1 heterocycles. The van der Waals surface area contributed by atoms with E-state index in [4.69, 9.17) is 27.9 Å². The van der Waals surface area contributed by atoms with Crippen LogP contribution in [0.4, 0.5) is 0 Å². The van der Waals surface area contributed by atoms with E-state index in [1.165, 1.54) is 25.3 Å². The second kappa shape index (κ2) is 6.34. The lowest BCUT2D eigenvalue weighted by Gasteiger charge is -2.21. The Morgan fingerprint density at radius 3 is 2.72 bits per heavy atom. The Kier molecular flexibility index (Phi) is 4.78. The predicted molar refractivity (Wildman–Crippen MR) is 68.9 cm³/mol. The van der Waals surface area contributed by atoms with E-state index in [9.17, 15) is 4.79 Å². The van der Waals surface area contributed by atoms with E-state index in [0.717, 1.165) is 12.8 Å². The Bertz CT molecular complexity index is 434. The number of rotatable bonds is 3. The van der Waals surface area contributed by atoms with Crippen molar-refractivity contribution >= 4 is 29.2 Å². The van der Waals surface area contributed by atoms with Crippen molar-refractivity contribution in [3.8, 4) is 0 Å². The number of carbonyl (C=O) groups excluding carboxylic acids is 1. The molecule has 1 aliphatic carbocycles. The van der Waals surface area contributed by atoms with Crippen molar-refractivity contribution in [2.45, 2.75) is 32.1 Å². The zero-order valence-corrected chi connectivity index (χ0v) is 11.4. The van der Waals surface area contributed by atoms with Crippen molar-refractivity contribution in [1.29, 1.82) is 0 Å². The average molecular weight is 289 g/mol. The van der Waals surface area contributed by atoms with Crippen LogP contribution < -0.4 is 0 Å². The summed E-state index contributed by atoms with van der Waals surface area (Å²) in [6.45, 7) is 0.440. The summed E-state index contributed by atoms with van der Waals surface area (Å²) in [6.07, 6.45) is 5.95. The first kappa shape index (κ1) is 13.6. The fourth-order valence-electron chi connectivity index (χ4n) is 2.12. The molecule has 0 amide bonds. The topological polar surface area (TPSA) is 52.1 Å². The first-order valence-electron chi connectivity index (χ1n) is 6.02. The maximum atomic E-state index is 11.8. The summed E-state index contributed by atoms with van der Waals surface area (Å²) < 4.78 is 5.25. The molecule has 6 heteroatoms. The first-order valence-corrected chi connectivity index (χ1v) is 6.78. The molecule has 0 unspecified atom stereocenters. The highest BCUT2D eigenvalue weighted by Gasteiger charge is 2.18. The molecule has 1 fully saturated rings. The summed E-state index contributed by atoms with van der Waals surface area (Å²) >= 11 is 11.4. The van der Waals surface area contributed by atoms with Gasteiger partial charge in [0, 0.05) is 0 Å². The van der Waals surface area contributed by atoms with Gasteiger partial charge < -0.3 is 4.74 Å². The van der Waals surface area contributed by atoms with Gasteiger partial charge in [0.05, 0.1) is 6.61 Å². The molecule has 98 valence electrons. The zero-order chi connectivity index (χ0) is 13.0. The Morgan fingerprint density at radius 1 is 1.28 bits per heavy atom. The van der Waals surface area contributed by atoms with Crippen molar-refractivity contribution in [3.63, 3.8) is 0 Å². The van der Waals surface area contributed by atoms with Gasteiger partial charge in [-0.3, -0.25) is 0 Å². The molecule has 0 aliphatic heterocycles. The van der Waals surface area contributed by atoms with Crippen molar-refractivity contribution in [2.24, 2.45) is 5.92 Å². The molecule has 0 spiro atoms. The fourth-order valence-corrected chi connectivity index (χ4v) is 2.44. The van der Waals surface area contributed by atoms with Gasteiger partial charge in [-0.2, -0.15) is 0 Å². The van der Waals surface area contributed by atoms with Crippen molar-refractivity contribution < 1.29 is 9.53 Å². The van der Waals surface area contributed by atoms with Gasteiger partial charge >= 0.3 is 5.97 Å². The molecule has 0 saturated heterocycles. The maximum Gasteiger partial charge on any atom is 0.341 e. The number of aromatic nitrogens is 2.